The van der Waals surface area contributed by atoms with Crippen molar-refractivity contribution in [1.82, 2.24) is 9.88 Å². The Kier molecular flexibility index (Phi) is 5.35. The maximum atomic E-state index is 12.6. The van der Waals surface area contributed by atoms with E-state index in [0.717, 1.165) is 17.0 Å². The van der Waals surface area contributed by atoms with Crippen molar-refractivity contribution in [3.8, 4) is 11.5 Å². The summed E-state index contributed by atoms with van der Waals surface area (Å²) >= 11 is 0. The molecule has 1 aliphatic rings. The van der Waals surface area contributed by atoms with E-state index in [-0.39, 0.29) is 23.7 Å². The largest absolute Gasteiger partial charge is 0.441 e. The van der Waals surface area contributed by atoms with Gasteiger partial charge in [-0.05, 0) is 17.5 Å². The number of hydrogen-bond donors (Lipinski definition) is 1. The molecule has 6 heteroatoms. The van der Waals surface area contributed by atoms with Crippen molar-refractivity contribution >= 4 is 18.3 Å². The number of hydrogen-bond acceptors (Lipinski definition) is 4. The van der Waals surface area contributed by atoms with Gasteiger partial charge in [-0.1, -0.05) is 39.0 Å². The fraction of sp³-hybridized carbons (Fsp3) is 0.444. The van der Waals surface area contributed by atoms with Crippen LogP contribution in [0.25, 0.3) is 11.5 Å². The highest BCUT2D eigenvalue weighted by molar-refractivity contribution is 5.85. The van der Waals surface area contributed by atoms with E-state index in [4.69, 9.17) is 10.2 Å². The van der Waals surface area contributed by atoms with Gasteiger partial charge in [0.2, 0.25) is 11.8 Å². The summed E-state index contributed by atoms with van der Waals surface area (Å²) in [5.41, 5.74) is 7.64. The van der Waals surface area contributed by atoms with Gasteiger partial charge in [0.1, 0.15) is 11.5 Å². The van der Waals surface area contributed by atoms with Crippen molar-refractivity contribution in [2.45, 2.75) is 39.8 Å². The number of benzene rings is 1. The fourth-order valence-electron chi connectivity index (χ4n) is 2.66. The van der Waals surface area contributed by atoms with Crippen LogP contribution in [-0.4, -0.2) is 28.4 Å². The molecule has 2 aromatic rings. The van der Waals surface area contributed by atoms with E-state index in [9.17, 15) is 4.79 Å². The Bertz CT molecular complexity index is 707. The Morgan fingerprint density at radius 2 is 1.96 bits per heavy atom. The molecule has 0 radical (unpaired) electrons. The van der Waals surface area contributed by atoms with Crippen LogP contribution in [0.2, 0.25) is 0 Å². The molecule has 2 N–H and O–H groups in total. The molecule has 0 unspecified atom stereocenters. The first-order valence-corrected chi connectivity index (χ1v) is 7.94. The second-order valence-electron chi connectivity index (χ2n) is 7.11. The Morgan fingerprint density at radius 1 is 1.29 bits per heavy atom. The van der Waals surface area contributed by atoms with E-state index in [2.05, 4.69) is 4.98 Å². The van der Waals surface area contributed by atoms with E-state index in [0.29, 0.717) is 25.4 Å². The molecule has 0 saturated heterocycles. The van der Waals surface area contributed by atoms with Crippen LogP contribution < -0.4 is 5.73 Å². The summed E-state index contributed by atoms with van der Waals surface area (Å²) in [5.74, 6) is 1.47. The number of oxazole rings is 1. The smallest absolute Gasteiger partial charge is 0.240 e. The summed E-state index contributed by atoms with van der Waals surface area (Å²) in [7, 11) is 0. The van der Waals surface area contributed by atoms with Crippen molar-refractivity contribution in [1.29, 1.82) is 0 Å². The molecule has 3 rings (SSSR count). The minimum absolute atomic E-state index is 0. The van der Waals surface area contributed by atoms with Gasteiger partial charge in [0.05, 0.1) is 12.6 Å². The minimum atomic E-state index is -0.510. The number of nitrogens with two attached hydrogens (primary N) is 1. The van der Waals surface area contributed by atoms with Gasteiger partial charge in [-0.2, -0.15) is 0 Å². The van der Waals surface area contributed by atoms with E-state index in [1.165, 1.54) is 0 Å². The quantitative estimate of drug-likeness (QED) is 0.904. The first-order chi connectivity index (χ1) is 10.9. The summed E-state index contributed by atoms with van der Waals surface area (Å²) in [4.78, 5) is 18.9. The molecule has 1 atom stereocenters. The van der Waals surface area contributed by atoms with Gasteiger partial charge in [-0.15, -0.1) is 12.4 Å². The van der Waals surface area contributed by atoms with Gasteiger partial charge >= 0.3 is 0 Å². The Hall–Kier alpha value is -1.85. The van der Waals surface area contributed by atoms with Gasteiger partial charge in [0.25, 0.3) is 0 Å². The highest BCUT2D eigenvalue weighted by Gasteiger charge is 2.34. The first-order valence-electron chi connectivity index (χ1n) is 7.94. The van der Waals surface area contributed by atoms with Crippen LogP contribution in [-0.2, 0) is 17.8 Å². The number of fused-ring (bicyclic) bond motifs is 1. The lowest BCUT2D eigenvalue weighted by Gasteiger charge is -2.33. The van der Waals surface area contributed by atoms with Gasteiger partial charge in [-0.3, -0.25) is 4.79 Å². The van der Waals surface area contributed by atoms with Crippen molar-refractivity contribution in [2.75, 3.05) is 6.54 Å². The average Bonchev–Trinajstić information content (AvgIpc) is 2.96. The third kappa shape index (κ3) is 3.62. The van der Waals surface area contributed by atoms with Gasteiger partial charge < -0.3 is 15.1 Å². The molecule has 1 aromatic carbocycles. The van der Waals surface area contributed by atoms with Crippen LogP contribution in [0.4, 0.5) is 0 Å². The highest BCUT2D eigenvalue weighted by Crippen LogP contribution is 2.27. The number of halogens is 1. The zero-order valence-corrected chi connectivity index (χ0v) is 15.1. The summed E-state index contributed by atoms with van der Waals surface area (Å²) < 4.78 is 5.87. The molecule has 24 heavy (non-hydrogen) atoms. The number of amides is 1. The van der Waals surface area contributed by atoms with Gasteiger partial charge in [0.15, 0.2) is 0 Å². The molecular weight excluding hydrogens is 326 g/mol. The SMILES string of the molecule is CC(C)(C)[C@H](N)C(=O)N1CCc2oc(-c3ccccc3)nc2C1.Cl. The normalized spacial score (nSPS) is 15.4. The molecule has 2 heterocycles. The number of carbonyl (C=O) groups excluding carboxylic acids is 1. The molecule has 0 bridgehead atoms. The fourth-order valence-corrected chi connectivity index (χ4v) is 2.66. The van der Waals surface area contributed by atoms with E-state index >= 15 is 0 Å². The number of rotatable bonds is 2. The van der Waals surface area contributed by atoms with Gasteiger partial charge in [0, 0.05) is 18.5 Å². The van der Waals surface area contributed by atoms with Crippen LogP contribution in [0, 0.1) is 5.41 Å². The molecule has 0 aliphatic carbocycles. The molecule has 130 valence electrons. The van der Waals surface area contributed by atoms with Crippen molar-refractivity contribution in [3.63, 3.8) is 0 Å². The van der Waals surface area contributed by atoms with E-state index in [1.807, 2.05) is 51.1 Å². The van der Waals surface area contributed by atoms with Crippen molar-refractivity contribution < 1.29 is 9.21 Å². The average molecular weight is 350 g/mol. The molecular formula is C18H24ClN3O2. The third-order valence-corrected chi connectivity index (χ3v) is 4.26. The molecule has 5 nitrogen and oxygen atoms in total. The van der Waals surface area contributed by atoms with E-state index < -0.39 is 6.04 Å². The highest BCUT2D eigenvalue weighted by atomic mass is 35.5. The maximum absolute atomic E-state index is 12.6. The summed E-state index contributed by atoms with van der Waals surface area (Å²) in [6.07, 6.45) is 0.678. The molecule has 1 aliphatic heterocycles. The molecule has 0 fully saturated rings. The molecule has 1 aromatic heterocycles. The Labute approximate surface area is 148 Å². The van der Waals surface area contributed by atoms with Crippen molar-refractivity contribution in [2.24, 2.45) is 11.1 Å². The standard InChI is InChI=1S/C18H23N3O2.ClH/c1-18(2,3)15(19)17(22)21-10-9-14-13(11-21)20-16(23-14)12-7-5-4-6-8-12;/h4-8,15H,9-11,19H2,1-3H3;1H/t15-;/m1./s1. The summed E-state index contributed by atoms with van der Waals surface area (Å²) in [6.45, 7) is 7.03. The predicted molar refractivity (Wildman–Crippen MR) is 95.7 cm³/mol. The molecule has 0 saturated carbocycles. The van der Waals surface area contributed by atoms with Crippen LogP contribution in [0.5, 0.6) is 0 Å². The van der Waals surface area contributed by atoms with Gasteiger partial charge in [-0.25, -0.2) is 4.98 Å². The lowest BCUT2D eigenvalue weighted by molar-refractivity contribution is -0.136. The Morgan fingerprint density at radius 3 is 2.58 bits per heavy atom. The van der Waals surface area contributed by atoms with Crippen LogP contribution in [0.3, 0.4) is 0 Å². The zero-order chi connectivity index (χ0) is 16.6. The summed E-state index contributed by atoms with van der Waals surface area (Å²) in [5, 5.41) is 0. The maximum Gasteiger partial charge on any atom is 0.240 e. The van der Waals surface area contributed by atoms with Crippen LogP contribution in [0.15, 0.2) is 34.7 Å². The van der Waals surface area contributed by atoms with Crippen LogP contribution >= 0.6 is 12.4 Å². The summed E-state index contributed by atoms with van der Waals surface area (Å²) in [6, 6.07) is 9.30. The van der Waals surface area contributed by atoms with Crippen molar-refractivity contribution in [3.05, 3.63) is 41.8 Å². The van der Waals surface area contributed by atoms with E-state index in [1.54, 1.807) is 4.90 Å². The third-order valence-electron chi connectivity index (χ3n) is 4.26. The monoisotopic (exact) mass is 349 g/mol. The lowest BCUT2D eigenvalue weighted by atomic mass is 9.86. The second kappa shape index (κ2) is 6.95. The number of carbonyl (C=O) groups is 1. The zero-order valence-electron chi connectivity index (χ0n) is 14.3. The number of aromatic nitrogens is 1. The molecule has 0 spiro atoms. The van der Waals surface area contributed by atoms with Crippen LogP contribution in [0.1, 0.15) is 32.2 Å². The predicted octanol–water partition coefficient (Wildman–Crippen LogP) is 3.02. The second-order valence-corrected chi connectivity index (χ2v) is 7.11. The lowest BCUT2D eigenvalue weighted by Crippen LogP contribution is -2.51. The first kappa shape index (κ1) is 18.5. The Balaban J connectivity index is 0.00000208. The molecule has 1 amide bonds. The topological polar surface area (TPSA) is 72.4 Å². The minimum Gasteiger partial charge on any atom is -0.441 e. The number of nitrogens with zero attached hydrogens (tertiary/aromatic N) is 2.